The van der Waals surface area contributed by atoms with Crippen molar-refractivity contribution >= 4 is 27.1 Å². The van der Waals surface area contributed by atoms with E-state index in [0.29, 0.717) is 4.90 Å². The summed E-state index contributed by atoms with van der Waals surface area (Å²) in [5.74, 6) is 0. The van der Waals surface area contributed by atoms with Gasteiger partial charge in [-0.3, -0.25) is 4.40 Å². The Morgan fingerprint density at radius 1 is 1.14 bits per heavy atom. The van der Waals surface area contributed by atoms with Gasteiger partial charge in [-0.2, -0.15) is 0 Å². The van der Waals surface area contributed by atoms with E-state index < -0.39 is 9.84 Å². The van der Waals surface area contributed by atoms with Gasteiger partial charge in [0.25, 0.3) is 0 Å². The first-order valence-corrected chi connectivity index (χ1v) is 9.61. The van der Waals surface area contributed by atoms with Crippen LogP contribution in [0.5, 0.6) is 0 Å². The number of aromatic nitrogens is 2. The molecule has 3 aromatic rings. The van der Waals surface area contributed by atoms with E-state index in [-0.39, 0.29) is 5.25 Å². The van der Waals surface area contributed by atoms with E-state index in [2.05, 4.69) is 11.9 Å². The number of fused-ring (bicyclic) bond motifs is 1. The van der Waals surface area contributed by atoms with E-state index in [1.54, 1.807) is 23.9 Å². The van der Waals surface area contributed by atoms with Gasteiger partial charge in [-0.15, -0.1) is 0 Å². The average molecular weight is 332 g/mol. The first-order chi connectivity index (χ1) is 10.4. The van der Waals surface area contributed by atoms with Crippen LogP contribution in [0.4, 0.5) is 0 Å². The topological polar surface area (TPSA) is 51.4 Å². The van der Waals surface area contributed by atoms with Gasteiger partial charge in [0.15, 0.2) is 15.0 Å². The number of rotatable bonds is 4. The molecular weight excluding hydrogens is 316 g/mol. The first kappa shape index (κ1) is 15.1. The maximum atomic E-state index is 11.5. The van der Waals surface area contributed by atoms with Crippen LogP contribution < -0.4 is 0 Å². The number of hydrogen-bond acceptors (Lipinski definition) is 4. The molecule has 0 aliphatic carbocycles. The molecular formula is C16H16N2O2S2. The molecule has 1 atom stereocenters. The Balaban J connectivity index is 1.84. The van der Waals surface area contributed by atoms with E-state index in [1.165, 1.54) is 6.26 Å². The molecule has 0 spiro atoms. The Hall–Kier alpha value is -1.79. The van der Waals surface area contributed by atoms with Crippen LogP contribution in [0, 0.1) is 0 Å². The average Bonchev–Trinajstić information content (AvgIpc) is 2.90. The van der Waals surface area contributed by atoms with Crippen molar-refractivity contribution in [3.8, 4) is 0 Å². The lowest BCUT2D eigenvalue weighted by Gasteiger charge is -2.11. The quantitative estimate of drug-likeness (QED) is 0.685. The molecule has 4 nitrogen and oxygen atoms in total. The number of nitrogens with zero attached hydrogens (tertiary/aromatic N) is 2. The Morgan fingerprint density at radius 3 is 2.55 bits per heavy atom. The SMILES string of the molecule is C[C@@H](Sc1ncc2ccccn12)c1ccc(S(C)(=O)=O)cc1. The normalized spacial score (nSPS) is 13.4. The number of benzene rings is 1. The van der Waals surface area contributed by atoms with Crippen molar-refractivity contribution < 1.29 is 8.42 Å². The van der Waals surface area contributed by atoms with Crippen molar-refractivity contribution in [1.82, 2.24) is 9.38 Å². The Labute approximate surface area is 134 Å². The van der Waals surface area contributed by atoms with Crippen molar-refractivity contribution in [2.24, 2.45) is 0 Å². The highest BCUT2D eigenvalue weighted by Crippen LogP contribution is 2.34. The molecule has 0 saturated carbocycles. The summed E-state index contributed by atoms with van der Waals surface area (Å²) in [7, 11) is -3.15. The third-order valence-corrected chi connectivity index (χ3v) is 5.73. The van der Waals surface area contributed by atoms with Crippen LogP contribution in [0.1, 0.15) is 17.7 Å². The zero-order valence-corrected chi connectivity index (χ0v) is 13.9. The van der Waals surface area contributed by atoms with Gasteiger partial charge >= 0.3 is 0 Å². The van der Waals surface area contributed by atoms with Gasteiger partial charge in [0, 0.05) is 17.7 Å². The smallest absolute Gasteiger partial charge is 0.175 e. The van der Waals surface area contributed by atoms with Crippen LogP contribution in [-0.2, 0) is 9.84 Å². The van der Waals surface area contributed by atoms with E-state index in [4.69, 9.17) is 0 Å². The molecule has 22 heavy (non-hydrogen) atoms. The third kappa shape index (κ3) is 3.03. The zero-order chi connectivity index (χ0) is 15.7. The van der Waals surface area contributed by atoms with Gasteiger partial charge in [-0.1, -0.05) is 30.0 Å². The Kier molecular flexibility index (Phi) is 3.97. The van der Waals surface area contributed by atoms with Gasteiger partial charge in [-0.05, 0) is 36.8 Å². The van der Waals surface area contributed by atoms with Crippen LogP contribution >= 0.6 is 11.8 Å². The van der Waals surface area contributed by atoms with Gasteiger partial charge in [0.2, 0.25) is 0 Å². The van der Waals surface area contributed by atoms with Crippen molar-refractivity contribution in [3.05, 3.63) is 60.4 Å². The molecule has 0 fully saturated rings. The van der Waals surface area contributed by atoms with Crippen LogP contribution in [-0.4, -0.2) is 24.1 Å². The number of pyridine rings is 1. The summed E-state index contributed by atoms with van der Waals surface area (Å²) in [6.07, 6.45) is 5.06. The van der Waals surface area contributed by atoms with Crippen molar-refractivity contribution in [2.45, 2.75) is 22.2 Å². The summed E-state index contributed by atoms with van der Waals surface area (Å²) < 4.78 is 25.0. The second-order valence-corrected chi connectivity index (χ2v) is 8.46. The van der Waals surface area contributed by atoms with E-state index in [9.17, 15) is 8.42 Å². The minimum atomic E-state index is -3.15. The van der Waals surface area contributed by atoms with Crippen LogP contribution in [0.2, 0.25) is 0 Å². The predicted octanol–water partition coefficient (Wildman–Crippen LogP) is 3.59. The van der Waals surface area contributed by atoms with Crippen LogP contribution in [0.3, 0.4) is 0 Å². The standard InChI is InChI=1S/C16H16N2O2S2/c1-12(13-6-8-15(9-7-13)22(2,19)20)21-16-17-11-14-5-3-4-10-18(14)16/h3-12H,1-2H3/t12-/m1/s1. The maximum Gasteiger partial charge on any atom is 0.175 e. The lowest BCUT2D eigenvalue weighted by Crippen LogP contribution is -1.98. The van der Waals surface area contributed by atoms with Gasteiger partial charge in [-0.25, -0.2) is 13.4 Å². The fraction of sp³-hybridized carbons (Fsp3) is 0.188. The molecule has 114 valence electrons. The fourth-order valence-corrected chi connectivity index (χ4v) is 3.85. The summed E-state index contributed by atoms with van der Waals surface area (Å²) in [5.41, 5.74) is 2.13. The molecule has 0 N–H and O–H groups in total. The van der Waals surface area contributed by atoms with Crippen LogP contribution in [0.25, 0.3) is 5.52 Å². The van der Waals surface area contributed by atoms with E-state index in [1.807, 2.05) is 47.1 Å². The predicted molar refractivity (Wildman–Crippen MR) is 89.0 cm³/mol. The number of thioether (sulfide) groups is 1. The zero-order valence-electron chi connectivity index (χ0n) is 12.3. The highest BCUT2D eigenvalue weighted by Gasteiger charge is 2.13. The minimum Gasteiger partial charge on any atom is -0.295 e. The van der Waals surface area contributed by atoms with Crippen LogP contribution in [0.15, 0.2) is 64.9 Å². The van der Waals surface area contributed by atoms with Gasteiger partial charge in [0.05, 0.1) is 16.6 Å². The van der Waals surface area contributed by atoms with Crippen molar-refractivity contribution in [1.29, 1.82) is 0 Å². The van der Waals surface area contributed by atoms with Crippen molar-refractivity contribution in [2.75, 3.05) is 6.26 Å². The highest BCUT2D eigenvalue weighted by atomic mass is 32.2. The van der Waals surface area contributed by atoms with Gasteiger partial charge < -0.3 is 0 Å². The molecule has 0 bridgehead atoms. The molecule has 1 aromatic carbocycles. The lowest BCUT2D eigenvalue weighted by molar-refractivity contribution is 0.602. The molecule has 0 aliphatic rings. The molecule has 6 heteroatoms. The minimum absolute atomic E-state index is 0.180. The monoisotopic (exact) mass is 332 g/mol. The molecule has 0 radical (unpaired) electrons. The molecule has 0 unspecified atom stereocenters. The molecule has 0 aliphatic heterocycles. The summed E-state index contributed by atoms with van der Waals surface area (Å²) in [6.45, 7) is 2.09. The molecule has 3 rings (SSSR count). The fourth-order valence-electron chi connectivity index (χ4n) is 2.22. The maximum absolute atomic E-state index is 11.5. The Bertz CT molecular complexity index is 899. The number of hydrogen-bond donors (Lipinski definition) is 0. The third-order valence-electron chi connectivity index (χ3n) is 3.46. The van der Waals surface area contributed by atoms with Crippen molar-refractivity contribution in [3.63, 3.8) is 0 Å². The van der Waals surface area contributed by atoms with E-state index in [0.717, 1.165) is 16.2 Å². The molecule has 2 heterocycles. The largest absolute Gasteiger partial charge is 0.295 e. The summed E-state index contributed by atoms with van der Waals surface area (Å²) >= 11 is 1.65. The second kappa shape index (κ2) is 5.78. The number of imidazole rings is 1. The number of sulfone groups is 1. The molecule has 2 aromatic heterocycles. The van der Waals surface area contributed by atoms with E-state index >= 15 is 0 Å². The first-order valence-electron chi connectivity index (χ1n) is 6.84. The lowest BCUT2D eigenvalue weighted by atomic mass is 10.2. The summed E-state index contributed by atoms with van der Waals surface area (Å²) in [4.78, 5) is 4.79. The van der Waals surface area contributed by atoms with Gasteiger partial charge in [0.1, 0.15) is 0 Å². The molecule has 0 saturated heterocycles. The Morgan fingerprint density at radius 2 is 1.86 bits per heavy atom. The second-order valence-electron chi connectivity index (χ2n) is 5.14. The summed E-state index contributed by atoms with van der Waals surface area (Å²) in [6, 6.07) is 13.0. The molecule has 0 amide bonds. The highest BCUT2D eigenvalue weighted by molar-refractivity contribution is 7.99. The summed E-state index contributed by atoms with van der Waals surface area (Å²) in [5, 5.41) is 1.11.